The molecule has 0 fully saturated rings. The summed E-state index contributed by atoms with van der Waals surface area (Å²) in [6, 6.07) is 15.7. The summed E-state index contributed by atoms with van der Waals surface area (Å²) in [6.45, 7) is 1.91. The van der Waals surface area contributed by atoms with Gasteiger partial charge in [-0.25, -0.2) is 15.0 Å². The fourth-order valence-electron chi connectivity index (χ4n) is 2.81. The van der Waals surface area contributed by atoms with E-state index in [1.54, 1.807) is 0 Å². The lowest BCUT2D eigenvalue weighted by Gasteiger charge is -2.01. The monoisotopic (exact) mass is 300 g/mol. The Labute approximate surface area is 131 Å². The molecule has 3 aromatic heterocycles. The minimum Gasteiger partial charge on any atom is -0.458 e. The zero-order valence-electron chi connectivity index (χ0n) is 12.4. The van der Waals surface area contributed by atoms with Gasteiger partial charge >= 0.3 is 0 Å². The Morgan fingerprint density at radius 2 is 1.61 bits per heavy atom. The molecule has 0 amide bonds. The summed E-state index contributed by atoms with van der Waals surface area (Å²) in [7, 11) is 0. The van der Waals surface area contributed by atoms with Crippen molar-refractivity contribution in [2.45, 2.75) is 6.92 Å². The molecular weight excluding hydrogens is 288 g/mol. The molecule has 5 rings (SSSR count). The first-order valence-corrected chi connectivity index (χ1v) is 7.39. The van der Waals surface area contributed by atoms with Crippen molar-refractivity contribution < 1.29 is 4.42 Å². The lowest BCUT2D eigenvalue weighted by Crippen LogP contribution is -1.87. The third kappa shape index (κ3) is 1.90. The number of fused-ring (bicyclic) bond motifs is 3. The number of H-pyrrole nitrogens is 1. The number of nitrogens with zero attached hydrogens (tertiary/aromatic N) is 3. The third-order valence-electron chi connectivity index (χ3n) is 3.92. The van der Waals surface area contributed by atoms with Crippen molar-refractivity contribution in [2.75, 3.05) is 0 Å². The van der Waals surface area contributed by atoms with Gasteiger partial charge in [-0.15, -0.1) is 0 Å². The molecule has 0 radical (unpaired) electrons. The van der Waals surface area contributed by atoms with Crippen LogP contribution >= 0.6 is 0 Å². The van der Waals surface area contributed by atoms with Gasteiger partial charge in [0.2, 0.25) is 0 Å². The van der Waals surface area contributed by atoms with E-state index in [9.17, 15) is 0 Å². The maximum atomic E-state index is 5.61. The summed E-state index contributed by atoms with van der Waals surface area (Å²) in [5.74, 6) is 2.14. The predicted octanol–water partition coefficient (Wildman–Crippen LogP) is 4.23. The third-order valence-corrected chi connectivity index (χ3v) is 3.92. The zero-order valence-corrected chi connectivity index (χ0v) is 12.4. The second-order valence-electron chi connectivity index (χ2n) is 5.57. The van der Waals surface area contributed by atoms with Gasteiger partial charge in [0.1, 0.15) is 5.76 Å². The highest BCUT2D eigenvalue weighted by molar-refractivity contribution is 5.95. The molecule has 0 bridgehead atoms. The Balaban J connectivity index is 1.78. The smallest absolute Gasteiger partial charge is 0.196 e. The minimum absolute atomic E-state index is 0.605. The van der Waals surface area contributed by atoms with E-state index in [0.717, 1.165) is 38.9 Å². The SMILES string of the molecule is Cc1ccc(-c2nc3cc4nc5ccccc5[nH]c4cc3n2)o1. The number of rotatable bonds is 1. The fourth-order valence-corrected chi connectivity index (χ4v) is 2.81. The van der Waals surface area contributed by atoms with Crippen LogP contribution < -0.4 is 0 Å². The summed E-state index contributed by atoms with van der Waals surface area (Å²) in [4.78, 5) is 17.2. The molecule has 0 aliphatic rings. The van der Waals surface area contributed by atoms with E-state index in [4.69, 9.17) is 9.40 Å². The molecule has 0 saturated carbocycles. The number of imidazole rings is 1. The van der Waals surface area contributed by atoms with Crippen LogP contribution in [0.5, 0.6) is 0 Å². The molecule has 110 valence electrons. The molecule has 1 N–H and O–H groups in total. The van der Waals surface area contributed by atoms with Crippen molar-refractivity contribution >= 4 is 33.1 Å². The number of aryl methyl sites for hydroxylation is 1. The molecule has 3 heterocycles. The van der Waals surface area contributed by atoms with Crippen molar-refractivity contribution in [2.24, 2.45) is 0 Å². The molecular formula is C18H12N4O. The van der Waals surface area contributed by atoms with Gasteiger partial charge in [0.25, 0.3) is 0 Å². The Kier molecular flexibility index (Phi) is 2.36. The summed E-state index contributed by atoms with van der Waals surface area (Å²) < 4.78 is 5.61. The van der Waals surface area contributed by atoms with E-state index in [1.807, 2.05) is 55.5 Å². The highest BCUT2D eigenvalue weighted by atomic mass is 16.3. The summed E-state index contributed by atoms with van der Waals surface area (Å²) in [6.07, 6.45) is 0. The highest BCUT2D eigenvalue weighted by Crippen LogP contribution is 2.25. The van der Waals surface area contributed by atoms with E-state index >= 15 is 0 Å². The summed E-state index contributed by atoms with van der Waals surface area (Å²) in [5, 5.41) is 0. The molecule has 0 spiro atoms. The normalized spacial score (nSPS) is 11.7. The number of aromatic nitrogens is 4. The molecule has 0 saturated heterocycles. The maximum Gasteiger partial charge on any atom is 0.196 e. The van der Waals surface area contributed by atoms with Gasteiger partial charge in [-0.1, -0.05) is 12.1 Å². The number of hydrogen-bond donors (Lipinski definition) is 1. The number of hydrogen-bond acceptors (Lipinski definition) is 4. The minimum atomic E-state index is 0.605. The van der Waals surface area contributed by atoms with Gasteiger partial charge < -0.3 is 9.40 Å². The van der Waals surface area contributed by atoms with E-state index in [2.05, 4.69) is 15.0 Å². The van der Waals surface area contributed by atoms with Crippen LogP contribution in [0.2, 0.25) is 0 Å². The maximum absolute atomic E-state index is 5.61. The lowest BCUT2D eigenvalue weighted by atomic mass is 10.2. The predicted molar refractivity (Wildman–Crippen MR) is 89.1 cm³/mol. The van der Waals surface area contributed by atoms with Crippen molar-refractivity contribution in [3.63, 3.8) is 0 Å². The standard InChI is InChI=1S/C18H12N4O/c1-10-6-7-17(23-10)18-21-15-8-13-14(9-16(15)22-18)20-12-5-3-2-4-11(12)19-13/h2-9,19H,1H3. The van der Waals surface area contributed by atoms with Gasteiger partial charge in [0.15, 0.2) is 11.6 Å². The lowest BCUT2D eigenvalue weighted by molar-refractivity contribution is 0.545. The Bertz CT molecular complexity index is 1110. The molecule has 5 nitrogen and oxygen atoms in total. The molecule has 0 aliphatic carbocycles. The van der Waals surface area contributed by atoms with Crippen molar-refractivity contribution in [1.29, 1.82) is 0 Å². The average molecular weight is 300 g/mol. The first-order valence-electron chi connectivity index (χ1n) is 7.39. The fraction of sp³-hybridized carbons (Fsp3) is 0.0556. The van der Waals surface area contributed by atoms with Crippen LogP contribution in [-0.2, 0) is 0 Å². The van der Waals surface area contributed by atoms with Crippen molar-refractivity contribution in [3.05, 3.63) is 54.3 Å². The molecule has 23 heavy (non-hydrogen) atoms. The van der Waals surface area contributed by atoms with Gasteiger partial charge in [-0.3, -0.25) is 0 Å². The Hall–Kier alpha value is -3.21. The number of aromatic amines is 1. The van der Waals surface area contributed by atoms with Crippen LogP contribution in [-0.4, -0.2) is 19.9 Å². The van der Waals surface area contributed by atoms with E-state index < -0.39 is 0 Å². The first kappa shape index (κ1) is 12.3. The summed E-state index contributed by atoms with van der Waals surface area (Å²) >= 11 is 0. The largest absolute Gasteiger partial charge is 0.458 e. The Morgan fingerprint density at radius 1 is 0.783 bits per heavy atom. The molecule has 5 aromatic rings. The second kappa shape index (κ2) is 4.39. The van der Waals surface area contributed by atoms with Gasteiger partial charge in [-0.05, 0) is 43.3 Å². The number of nitrogens with one attached hydrogen (secondary N) is 1. The molecule has 0 atom stereocenters. The number of furan rings is 1. The average Bonchev–Trinajstić information content (AvgIpc) is 3.16. The number of benzene rings is 2. The second-order valence-corrected chi connectivity index (χ2v) is 5.57. The van der Waals surface area contributed by atoms with Crippen LogP contribution in [0.3, 0.4) is 0 Å². The zero-order chi connectivity index (χ0) is 15.4. The first-order chi connectivity index (χ1) is 11.3. The van der Waals surface area contributed by atoms with Crippen LogP contribution in [0.1, 0.15) is 5.76 Å². The topological polar surface area (TPSA) is 67.6 Å². The van der Waals surface area contributed by atoms with Crippen LogP contribution in [0, 0.1) is 6.92 Å². The summed E-state index contributed by atoms with van der Waals surface area (Å²) in [5.41, 5.74) is 5.39. The molecule has 5 heteroatoms. The molecule has 2 aromatic carbocycles. The van der Waals surface area contributed by atoms with E-state index in [0.29, 0.717) is 11.6 Å². The van der Waals surface area contributed by atoms with E-state index in [1.165, 1.54) is 0 Å². The van der Waals surface area contributed by atoms with Crippen molar-refractivity contribution in [3.8, 4) is 11.6 Å². The quantitative estimate of drug-likeness (QED) is 0.470. The van der Waals surface area contributed by atoms with Gasteiger partial charge in [-0.2, -0.15) is 0 Å². The highest BCUT2D eigenvalue weighted by Gasteiger charge is 2.12. The number of para-hydroxylation sites is 2. The molecule has 0 aliphatic heterocycles. The van der Waals surface area contributed by atoms with Crippen LogP contribution in [0.25, 0.3) is 44.7 Å². The van der Waals surface area contributed by atoms with Gasteiger partial charge in [0.05, 0.1) is 33.1 Å². The van der Waals surface area contributed by atoms with Gasteiger partial charge in [0, 0.05) is 0 Å². The van der Waals surface area contributed by atoms with Crippen molar-refractivity contribution in [1.82, 2.24) is 19.9 Å². The van der Waals surface area contributed by atoms with E-state index in [-0.39, 0.29) is 0 Å². The Morgan fingerprint density at radius 3 is 2.43 bits per heavy atom. The van der Waals surface area contributed by atoms with Crippen LogP contribution in [0.15, 0.2) is 52.9 Å². The molecule has 0 unspecified atom stereocenters. The van der Waals surface area contributed by atoms with Crippen LogP contribution in [0.4, 0.5) is 0 Å².